The summed E-state index contributed by atoms with van der Waals surface area (Å²) >= 11 is 3.10. The lowest BCUT2D eigenvalue weighted by Crippen LogP contribution is -1.86. The Morgan fingerprint density at radius 3 is 2.77 bits per heavy atom. The zero-order chi connectivity index (χ0) is 9.42. The number of benzene rings is 1. The van der Waals surface area contributed by atoms with Crippen molar-refractivity contribution in [3.8, 4) is 0 Å². The zero-order valence-corrected chi connectivity index (χ0v) is 7.98. The summed E-state index contributed by atoms with van der Waals surface area (Å²) in [5.41, 5.74) is 0. The van der Waals surface area contributed by atoms with E-state index in [1.807, 2.05) is 0 Å². The van der Waals surface area contributed by atoms with Crippen LogP contribution < -0.4 is 0 Å². The molecule has 4 heteroatoms. The van der Waals surface area contributed by atoms with Crippen LogP contribution in [0, 0.1) is 11.6 Å². The highest BCUT2D eigenvalue weighted by molar-refractivity contribution is 9.10. The third-order valence-corrected chi connectivity index (χ3v) is 2.34. The molecule has 1 nitrogen and oxygen atoms in total. The molecule has 0 radical (unpaired) electrons. The lowest BCUT2D eigenvalue weighted by Gasteiger charge is -2.00. The molecular weight excluding hydrogens is 240 g/mol. The molecule has 2 aromatic rings. The molecule has 0 saturated heterocycles. The maximum Gasteiger partial charge on any atom is 0.136 e. The first-order valence-electron chi connectivity index (χ1n) is 3.58. The van der Waals surface area contributed by atoms with Gasteiger partial charge >= 0.3 is 0 Å². The summed E-state index contributed by atoms with van der Waals surface area (Å²) in [5.74, 6) is -1.18. The summed E-state index contributed by atoms with van der Waals surface area (Å²) in [4.78, 5) is 3.85. The summed E-state index contributed by atoms with van der Waals surface area (Å²) < 4.78 is 26.3. The smallest absolute Gasteiger partial charge is 0.136 e. The van der Waals surface area contributed by atoms with E-state index in [0.717, 1.165) is 6.07 Å². The topological polar surface area (TPSA) is 12.9 Å². The van der Waals surface area contributed by atoms with Crippen molar-refractivity contribution in [2.75, 3.05) is 0 Å². The van der Waals surface area contributed by atoms with Gasteiger partial charge in [-0.05, 0) is 33.4 Å². The fraction of sp³-hybridized carbons (Fsp3) is 0. The molecule has 1 aromatic carbocycles. The van der Waals surface area contributed by atoms with Crippen LogP contribution in [0.25, 0.3) is 10.8 Å². The molecule has 1 heterocycles. The van der Waals surface area contributed by atoms with E-state index in [9.17, 15) is 8.78 Å². The minimum atomic E-state index is -0.602. The molecule has 0 fully saturated rings. The van der Waals surface area contributed by atoms with Gasteiger partial charge in [-0.1, -0.05) is 0 Å². The molecule has 13 heavy (non-hydrogen) atoms. The van der Waals surface area contributed by atoms with E-state index < -0.39 is 11.6 Å². The quantitative estimate of drug-likeness (QED) is 0.648. The average Bonchev–Trinajstić information content (AvgIpc) is 2.02. The molecule has 0 spiro atoms. The molecular formula is C9H4BrF2N. The van der Waals surface area contributed by atoms with E-state index in [2.05, 4.69) is 20.9 Å². The lowest BCUT2D eigenvalue weighted by atomic mass is 10.2. The van der Waals surface area contributed by atoms with E-state index in [0.29, 0.717) is 15.4 Å². The van der Waals surface area contributed by atoms with Crippen LogP contribution in [0.15, 0.2) is 29.0 Å². The largest absolute Gasteiger partial charge is 0.249 e. The summed E-state index contributed by atoms with van der Waals surface area (Å²) in [6.45, 7) is 0. The van der Waals surface area contributed by atoms with E-state index in [1.165, 1.54) is 12.3 Å². The molecule has 2 rings (SSSR count). The van der Waals surface area contributed by atoms with Crippen LogP contribution in [0.5, 0.6) is 0 Å². The molecule has 0 bridgehead atoms. The number of hydrogen-bond donors (Lipinski definition) is 0. The number of nitrogens with zero attached hydrogens (tertiary/aromatic N) is 1. The molecule has 66 valence electrons. The summed E-state index contributed by atoms with van der Waals surface area (Å²) in [5, 5.41) is 0.809. The summed E-state index contributed by atoms with van der Waals surface area (Å²) in [6.07, 6.45) is 1.49. The van der Waals surface area contributed by atoms with E-state index in [4.69, 9.17) is 0 Å². The third-order valence-electron chi connectivity index (χ3n) is 1.73. The summed E-state index contributed by atoms with van der Waals surface area (Å²) in [6, 6.07) is 3.67. The van der Waals surface area contributed by atoms with Crippen molar-refractivity contribution in [1.29, 1.82) is 0 Å². The highest BCUT2D eigenvalue weighted by atomic mass is 79.9. The van der Waals surface area contributed by atoms with Crippen molar-refractivity contribution in [3.05, 3.63) is 40.6 Å². The standard InChI is InChI=1S/C9H4BrF2N/c10-9-8-5(1-2-13-9)3-6(11)4-7(8)12/h1-4H. The number of halogens is 3. The van der Waals surface area contributed by atoms with Gasteiger partial charge in [0.15, 0.2) is 0 Å². The first kappa shape index (κ1) is 8.56. The first-order chi connectivity index (χ1) is 6.18. The van der Waals surface area contributed by atoms with E-state index in [1.54, 1.807) is 6.07 Å². The second-order valence-corrected chi connectivity index (χ2v) is 3.34. The maximum atomic E-state index is 13.2. The Hall–Kier alpha value is -1.03. The van der Waals surface area contributed by atoms with Crippen molar-refractivity contribution in [3.63, 3.8) is 0 Å². The number of pyridine rings is 1. The van der Waals surface area contributed by atoms with Crippen LogP contribution in [0.1, 0.15) is 0 Å². The first-order valence-corrected chi connectivity index (χ1v) is 4.37. The van der Waals surface area contributed by atoms with Gasteiger partial charge in [0.1, 0.15) is 16.2 Å². The molecule has 0 aliphatic rings. The highest BCUT2D eigenvalue weighted by Gasteiger charge is 2.07. The summed E-state index contributed by atoms with van der Waals surface area (Å²) in [7, 11) is 0. The normalized spacial score (nSPS) is 10.7. The number of rotatable bonds is 0. The van der Waals surface area contributed by atoms with Gasteiger partial charge in [-0.3, -0.25) is 0 Å². The minimum absolute atomic E-state index is 0.309. The second kappa shape index (κ2) is 3.03. The molecule has 1 aromatic heterocycles. The van der Waals surface area contributed by atoms with Crippen LogP contribution in [0.4, 0.5) is 8.78 Å². The van der Waals surface area contributed by atoms with Gasteiger partial charge in [0.2, 0.25) is 0 Å². The third kappa shape index (κ3) is 1.42. The molecule has 0 unspecified atom stereocenters. The molecule has 0 saturated carbocycles. The Morgan fingerprint density at radius 1 is 1.23 bits per heavy atom. The Bertz CT molecular complexity index is 470. The van der Waals surface area contributed by atoms with E-state index >= 15 is 0 Å². The highest BCUT2D eigenvalue weighted by Crippen LogP contribution is 2.25. The van der Waals surface area contributed by atoms with Gasteiger partial charge in [0.25, 0.3) is 0 Å². The van der Waals surface area contributed by atoms with Gasteiger partial charge in [0, 0.05) is 12.3 Å². The molecule has 0 aliphatic carbocycles. The number of hydrogen-bond acceptors (Lipinski definition) is 1. The maximum absolute atomic E-state index is 13.2. The van der Waals surface area contributed by atoms with Crippen molar-refractivity contribution in [2.45, 2.75) is 0 Å². The van der Waals surface area contributed by atoms with Crippen LogP contribution in [-0.2, 0) is 0 Å². The van der Waals surface area contributed by atoms with Gasteiger partial charge in [-0.2, -0.15) is 0 Å². The van der Waals surface area contributed by atoms with E-state index in [-0.39, 0.29) is 0 Å². The van der Waals surface area contributed by atoms with Crippen LogP contribution in [0.2, 0.25) is 0 Å². The fourth-order valence-electron chi connectivity index (χ4n) is 1.19. The number of aromatic nitrogens is 1. The molecule has 0 aliphatic heterocycles. The molecule has 0 amide bonds. The Balaban J connectivity index is 2.94. The predicted octanol–water partition coefficient (Wildman–Crippen LogP) is 3.28. The molecule has 0 N–H and O–H groups in total. The van der Waals surface area contributed by atoms with Crippen LogP contribution in [0.3, 0.4) is 0 Å². The Morgan fingerprint density at radius 2 is 2.00 bits per heavy atom. The van der Waals surface area contributed by atoms with Crippen molar-refractivity contribution in [1.82, 2.24) is 4.98 Å². The Kier molecular flexibility index (Phi) is 2.00. The lowest BCUT2D eigenvalue weighted by molar-refractivity contribution is 0.591. The van der Waals surface area contributed by atoms with Gasteiger partial charge in [-0.15, -0.1) is 0 Å². The van der Waals surface area contributed by atoms with Crippen molar-refractivity contribution in [2.24, 2.45) is 0 Å². The van der Waals surface area contributed by atoms with Gasteiger partial charge in [-0.25, -0.2) is 13.8 Å². The molecule has 0 atom stereocenters. The van der Waals surface area contributed by atoms with Gasteiger partial charge in [0.05, 0.1) is 5.39 Å². The minimum Gasteiger partial charge on any atom is -0.249 e. The van der Waals surface area contributed by atoms with Crippen molar-refractivity contribution >= 4 is 26.7 Å². The predicted molar refractivity (Wildman–Crippen MR) is 49.4 cm³/mol. The fourth-order valence-corrected chi connectivity index (χ4v) is 1.73. The zero-order valence-electron chi connectivity index (χ0n) is 6.39. The van der Waals surface area contributed by atoms with Crippen LogP contribution in [-0.4, -0.2) is 4.98 Å². The SMILES string of the molecule is Fc1cc(F)c2c(Br)nccc2c1. The van der Waals surface area contributed by atoms with Crippen molar-refractivity contribution < 1.29 is 8.78 Å². The Labute approximate surface area is 81.5 Å². The monoisotopic (exact) mass is 243 g/mol. The number of fused-ring (bicyclic) bond motifs is 1. The van der Waals surface area contributed by atoms with Gasteiger partial charge < -0.3 is 0 Å². The van der Waals surface area contributed by atoms with Crippen LogP contribution >= 0.6 is 15.9 Å². The average molecular weight is 244 g/mol. The second-order valence-electron chi connectivity index (χ2n) is 2.59.